The van der Waals surface area contributed by atoms with Crippen LogP contribution in [0.2, 0.25) is 0 Å². The third-order valence-corrected chi connectivity index (χ3v) is 6.79. The molecule has 0 fully saturated rings. The Morgan fingerprint density at radius 2 is 1.57 bits per heavy atom. The molecule has 0 saturated heterocycles. The SMILES string of the molecule is Cc1ccc(S(=O)(=O)N2N=C(C(C)(C)C)CC2c2ccc(N(C)C)cc2)cc1. The first-order valence-electron chi connectivity index (χ1n) is 9.46. The Balaban J connectivity index is 2.05. The zero-order valence-corrected chi connectivity index (χ0v) is 18.3. The van der Waals surface area contributed by atoms with E-state index in [1.54, 1.807) is 12.1 Å². The highest BCUT2D eigenvalue weighted by molar-refractivity contribution is 7.89. The molecule has 6 heteroatoms. The monoisotopic (exact) mass is 399 g/mol. The summed E-state index contributed by atoms with van der Waals surface area (Å²) in [7, 11) is 0.234. The van der Waals surface area contributed by atoms with Gasteiger partial charge in [-0.05, 0) is 36.8 Å². The lowest BCUT2D eigenvalue weighted by Gasteiger charge is -2.24. The van der Waals surface area contributed by atoms with E-state index in [2.05, 4.69) is 25.9 Å². The summed E-state index contributed by atoms with van der Waals surface area (Å²) in [5.41, 5.74) is 3.75. The van der Waals surface area contributed by atoms with Crippen LogP contribution in [-0.4, -0.2) is 32.6 Å². The molecule has 1 heterocycles. The molecule has 28 heavy (non-hydrogen) atoms. The predicted molar refractivity (Wildman–Crippen MR) is 115 cm³/mol. The topological polar surface area (TPSA) is 53.0 Å². The summed E-state index contributed by atoms with van der Waals surface area (Å²) in [6.45, 7) is 8.15. The van der Waals surface area contributed by atoms with E-state index < -0.39 is 10.0 Å². The van der Waals surface area contributed by atoms with Crippen molar-refractivity contribution >= 4 is 21.4 Å². The predicted octanol–water partition coefficient (Wildman–Crippen LogP) is 4.60. The summed E-state index contributed by atoms with van der Waals surface area (Å²) in [5.74, 6) is 0. The van der Waals surface area contributed by atoms with Crippen LogP contribution in [0.5, 0.6) is 0 Å². The quantitative estimate of drug-likeness (QED) is 0.755. The van der Waals surface area contributed by atoms with Gasteiger partial charge in [0.05, 0.1) is 10.9 Å². The van der Waals surface area contributed by atoms with Crippen LogP contribution in [0, 0.1) is 12.3 Å². The van der Waals surface area contributed by atoms with E-state index >= 15 is 0 Å². The van der Waals surface area contributed by atoms with Gasteiger partial charge in [-0.15, -0.1) is 0 Å². The maximum absolute atomic E-state index is 13.4. The average molecular weight is 400 g/mol. The van der Waals surface area contributed by atoms with Crippen molar-refractivity contribution in [3.8, 4) is 0 Å². The fourth-order valence-corrected chi connectivity index (χ4v) is 4.66. The van der Waals surface area contributed by atoms with E-state index in [9.17, 15) is 8.42 Å². The Morgan fingerprint density at radius 3 is 2.07 bits per heavy atom. The summed E-state index contributed by atoms with van der Waals surface area (Å²) >= 11 is 0. The van der Waals surface area contributed by atoms with E-state index in [0.717, 1.165) is 22.5 Å². The van der Waals surface area contributed by atoms with Crippen molar-refractivity contribution in [3.63, 3.8) is 0 Å². The Labute approximate surface area is 168 Å². The smallest absolute Gasteiger partial charge is 0.279 e. The van der Waals surface area contributed by atoms with Crippen LogP contribution in [-0.2, 0) is 10.0 Å². The normalized spacial score (nSPS) is 17.6. The van der Waals surface area contributed by atoms with Gasteiger partial charge >= 0.3 is 0 Å². The van der Waals surface area contributed by atoms with E-state index in [-0.39, 0.29) is 16.4 Å². The van der Waals surface area contributed by atoms with Crippen LogP contribution in [0.25, 0.3) is 0 Å². The van der Waals surface area contributed by atoms with E-state index in [1.807, 2.05) is 62.3 Å². The second-order valence-electron chi connectivity index (χ2n) is 8.59. The van der Waals surface area contributed by atoms with Gasteiger partial charge < -0.3 is 4.90 Å². The number of hydrogen-bond donors (Lipinski definition) is 0. The molecule has 5 nitrogen and oxygen atoms in total. The lowest BCUT2D eigenvalue weighted by molar-refractivity contribution is 0.371. The molecule has 1 aliphatic rings. The van der Waals surface area contributed by atoms with Gasteiger partial charge in [-0.2, -0.15) is 17.9 Å². The zero-order valence-electron chi connectivity index (χ0n) is 17.5. The summed E-state index contributed by atoms with van der Waals surface area (Å²) in [5, 5.41) is 4.60. The maximum Gasteiger partial charge on any atom is 0.279 e. The van der Waals surface area contributed by atoms with Crippen LogP contribution < -0.4 is 4.90 Å². The van der Waals surface area contributed by atoms with Crippen molar-refractivity contribution in [1.82, 2.24) is 4.41 Å². The van der Waals surface area contributed by atoms with E-state index in [1.165, 1.54) is 4.41 Å². The minimum Gasteiger partial charge on any atom is -0.378 e. The van der Waals surface area contributed by atoms with Crippen molar-refractivity contribution in [3.05, 3.63) is 59.7 Å². The molecule has 0 aliphatic carbocycles. The molecule has 0 radical (unpaired) electrons. The van der Waals surface area contributed by atoms with Crippen molar-refractivity contribution in [2.45, 2.75) is 45.1 Å². The molecule has 1 atom stereocenters. The summed E-state index contributed by atoms with van der Waals surface area (Å²) in [6, 6.07) is 14.6. The molecular weight excluding hydrogens is 370 g/mol. The number of aryl methyl sites for hydroxylation is 1. The highest BCUT2D eigenvalue weighted by Gasteiger charge is 2.40. The van der Waals surface area contributed by atoms with Gasteiger partial charge in [0, 0.05) is 37.3 Å². The standard InChI is InChI=1S/C22H29N3O2S/c1-16-7-13-19(14-8-16)28(26,27)25-20(15-21(23-25)22(2,3)4)17-9-11-18(12-10-17)24(5)6/h7-14,20H,15H2,1-6H3. The zero-order chi connectivity index (χ0) is 20.7. The van der Waals surface area contributed by atoms with Gasteiger partial charge in [0.2, 0.25) is 0 Å². The van der Waals surface area contributed by atoms with Crippen LogP contribution in [0.15, 0.2) is 58.5 Å². The van der Waals surface area contributed by atoms with Crippen LogP contribution in [0.4, 0.5) is 5.69 Å². The van der Waals surface area contributed by atoms with Crippen molar-refractivity contribution in [2.75, 3.05) is 19.0 Å². The molecule has 1 unspecified atom stereocenters. The molecule has 3 rings (SSSR count). The lowest BCUT2D eigenvalue weighted by atomic mass is 9.86. The van der Waals surface area contributed by atoms with Gasteiger partial charge in [0.15, 0.2) is 0 Å². The van der Waals surface area contributed by atoms with Crippen LogP contribution in [0.1, 0.15) is 44.4 Å². The molecule has 150 valence electrons. The second-order valence-corrected chi connectivity index (χ2v) is 10.4. The molecule has 1 aliphatic heterocycles. The highest BCUT2D eigenvalue weighted by atomic mass is 32.2. The summed E-state index contributed by atoms with van der Waals surface area (Å²) in [4.78, 5) is 2.29. The first-order valence-corrected chi connectivity index (χ1v) is 10.9. The third-order valence-electron chi connectivity index (χ3n) is 5.10. The van der Waals surface area contributed by atoms with Crippen molar-refractivity contribution in [1.29, 1.82) is 0 Å². The van der Waals surface area contributed by atoms with Gasteiger partial charge in [0.25, 0.3) is 10.0 Å². The number of rotatable bonds is 4. The fourth-order valence-electron chi connectivity index (χ4n) is 3.23. The summed E-state index contributed by atoms with van der Waals surface area (Å²) < 4.78 is 28.1. The highest BCUT2D eigenvalue weighted by Crippen LogP contribution is 2.40. The molecule has 0 bridgehead atoms. The Bertz CT molecular complexity index is 970. The first-order chi connectivity index (χ1) is 13.0. The van der Waals surface area contributed by atoms with Gasteiger partial charge in [-0.3, -0.25) is 0 Å². The second kappa shape index (κ2) is 7.24. The molecule has 2 aromatic carbocycles. The first kappa shape index (κ1) is 20.4. The van der Waals surface area contributed by atoms with Gasteiger partial charge in [0.1, 0.15) is 0 Å². The molecular formula is C22H29N3O2S. The average Bonchev–Trinajstić information content (AvgIpc) is 3.09. The van der Waals surface area contributed by atoms with Gasteiger partial charge in [-0.1, -0.05) is 50.6 Å². The number of hydrogen-bond acceptors (Lipinski definition) is 4. The maximum atomic E-state index is 13.4. The minimum atomic E-state index is -3.74. The summed E-state index contributed by atoms with van der Waals surface area (Å²) in [6.07, 6.45) is 0.593. The minimum absolute atomic E-state index is 0.195. The fraction of sp³-hybridized carbons (Fsp3) is 0.409. The third kappa shape index (κ3) is 3.92. The van der Waals surface area contributed by atoms with Crippen molar-refractivity contribution < 1.29 is 8.42 Å². The number of anilines is 1. The van der Waals surface area contributed by atoms with Crippen LogP contribution in [0.3, 0.4) is 0 Å². The lowest BCUT2D eigenvalue weighted by Crippen LogP contribution is -2.27. The molecule has 0 aromatic heterocycles. The Kier molecular flexibility index (Phi) is 5.28. The van der Waals surface area contributed by atoms with E-state index in [4.69, 9.17) is 0 Å². The Hall–Kier alpha value is -2.34. The molecule has 0 amide bonds. The number of benzene rings is 2. The van der Waals surface area contributed by atoms with Crippen LogP contribution >= 0.6 is 0 Å². The molecule has 2 aromatic rings. The molecule has 0 spiro atoms. The molecule has 0 saturated carbocycles. The van der Waals surface area contributed by atoms with Gasteiger partial charge in [-0.25, -0.2) is 0 Å². The largest absolute Gasteiger partial charge is 0.378 e. The number of sulfonamides is 1. The Morgan fingerprint density at radius 1 is 1.00 bits per heavy atom. The molecule has 0 N–H and O–H groups in total. The number of hydrazone groups is 1. The number of nitrogens with zero attached hydrogens (tertiary/aromatic N) is 3. The van der Waals surface area contributed by atoms with E-state index in [0.29, 0.717) is 6.42 Å². The van der Waals surface area contributed by atoms with Crippen molar-refractivity contribution in [2.24, 2.45) is 10.5 Å².